The van der Waals surface area contributed by atoms with Gasteiger partial charge in [-0.25, -0.2) is 4.79 Å². The Bertz CT molecular complexity index is 621. The van der Waals surface area contributed by atoms with Crippen LogP contribution in [0.3, 0.4) is 0 Å². The summed E-state index contributed by atoms with van der Waals surface area (Å²) in [6.45, 7) is 12.6. The van der Waals surface area contributed by atoms with Gasteiger partial charge in [0.25, 0.3) is 5.91 Å². The van der Waals surface area contributed by atoms with E-state index in [9.17, 15) is 9.59 Å². The Kier molecular flexibility index (Phi) is 9.29. The minimum atomic E-state index is -0.916. The van der Waals surface area contributed by atoms with Gasteiger partial charge in [-0.1, -0.05) is 27.2 Å². The largest absolute Gasteiger partial charge is 0.492 e. The fourth-order valence-corrected chi connectivity index (χ4v) is 2.67. The van der Waals surface area contributed by atoms with E-state index in [0.717, 1.165) is 6.42 Å². The van der Waals surface area contributed by atoms with E-state index in [2.05, 4.69) is 5.32 Å². The summed E-state index contributed by atoms with van der Waals surface area (Å²) in [5.74, 6) is 0.0481. The first-order valence-electron chi connectivity index (χ1n) is 9.66. The van der Waals surface area contributed by atoms with E-state index in [1.54, 1.807) is 32.0 Å². The third kappa shape index (κ3) is 6.86. The van der Waals surface area contributed by atoms with Crippen molar-refractivity contribution in [2.75, 3.05) is 25.1 Å². The van der Waals surface area contributed by atoms with Gasteiger partial charge in [-0.3, -0.25) is 4.79 Å². The number of carbonyl (C=O) groups excluding carboxylic acids is 2. The van der Waals surface area contributed by atoms with Crippen LogP contribution in [0.15, 0.2) is 18.2 Å². The van der Waals surface area contributed by atoms with E-state index in [0.29, 0.717) is 42.6 Å². The van der Waals surface area contributed by atoms with E-state index in [-0.39, 0.29) is 12.5 Å². The van der Waals surface area contributed by atoms with Crippen molar-refractivity contribution in [3.8, 4) is 5.75 Å². The summed E-state index contributed by atoms with van der Waals surface area (Å²) in [7, 11) is 0. The second-order valence-electron chi connectivity index (χ2n) is 7.00. The molecule has 1 N–H and O–H groups in total. The number of esters is 1. The van der Waals surface area contributed by atoms with Crippen molar-refractivity contribution in [2.45, 2.75) is 60.0 Å². The highest BCUT2D eigenvalue weighted by molar-refractivity contribution is 5.99. The van der Waals surface area contributed by atoms with E-state index < -0.39 is 11.6 Å². The maximum atomic E-state index is 12.7. The average molecular weight is 379 g/mol. The lowest BCUT2D eigenvalue weighted by Crippen LogP contribution is -2.42. The molecular formula is C21H33NO5. The van der Waals surface area contributed by atoms with Crippen LogP contribution in [0.25, 0.3) is 0 Å². The number of hydrogen-bond acceptors (Lipinski definition) is 5. The molecule has 0 spiro atoms. The number of nitrogens with one attached hydrogen (secondary N) is 1. The number of hydrogen-bond donors (Lipinski definition) is 1. The third-order valence-corrected chi connectivity index (χ3v) is 3.98. The van der Waals surface area contributed by atoms with Crippen LogP contribution >= 0.6 is 0 Å². The predicted molar refractivity (Wildman–Crippen MR) is 106 cm³/mol. The molecule has 1 atom stereocenters. The molecule has 152 valence electrons. The van der Waals surface area contributed by atoms with E-state index in [4.69, 9.17) is 14.2 Å². The van der Waals surface area contributed by atoms with Gasteiger partial charge in [0.15, 0.2) is 0 Å². The zero-order chi connectivity index (χ0) is 20.4. The summed E-state index contributed by atoms with van der Waals surface area (Å²) in [5, 5.41) is 2.85. The van der Waals surface area contributed by atoms with E-state index in [1.807, 2.05) is 27.7 Å². The Morgan fingerprint density at radius 2 is 1.85 bits per heavy atom. The lowest BCUT2D eigenvalue weighted by Gasteiger charge is -2.28. The molecule has 0 bridgehead atoms. The molecule has 6 nitrogen and oxygen atoms in total. The van der Waals surface area contributed by atoms with Crippen molar-refractivity contribution < 1.29 is 23.8 Å². The molecule has 0 saturated heterocycles. The van der Waals surface area contributed by atoms with Crippen LogP contribution in [0.4, 0.5) is 5.69 Å². The van der Waals surface area contributed by atoms with Gasteiger partial charge in [-0.2, -0.15) is 0 Å². The lowest BCUT2D eigenvalue weighted by molar-refractivity contribution is -0.139. The van der Waals surface area contributed by atoms with Crippen LogP contribution in [0.1, 0.15) is 64.7 Å². The summed E-state index contributed by atoms with van der Waals surface area (Å²) in [6.07, 6.45) is 1.42. The van der Waals surface area contributed by atoms with Crippen LogP contribution in [0, 0.1) is 5.92 Å². The lowest BCUT2D eigenvalue weighted by atomic mass is 9.99. The predicted octanol–water partition coefficient (Wildman–Crippen LogP) is 4.43. The Balaban J connectivity index is 3.08. The Labute approximate surface area is 162 Å². The van der Waals surface area contributed by atoms with E-state index in [1.165, 1.54) is 0 Å². The van der Waals surface area contributed by atoms with Gasteiger partial charge in [-0.05, 0) is 51.3 Å². The monoisotopic (exact) mass is 379 g/mol. The first-order chi connectivity index (χ1) is 12.8. The number of carbonyl (C=O) groups is 2. The number of rotatable bonds is 11. The highest BCUT2D eigenvalue weighted by Gasteiger charge is 2.33. The molecule has 0 aliphatic rings. The molecule has 0 aromatic heterocycles. The van der Waals surface area contributed by atoms with Gasteiger partial charge in [0.05, 0.1) is 13.2 Å². The maximum absolute atomic E-state index is 12.7. The zero-order valence-corrected chi connectivity index (χ0v) is 17.4. The van der Waals surface area contributed by atoms with E-state index >= 15 is 0 Å². The maximum Gasteiger partial charge on any atom is 0.341 e. The van der Waals surface area contributed by atoms with Crippen molar-refractivity contribution in [1.29, 1.82) is 0 Å². The first kappa shape index (κ1) is 23.0. The molecule has 1 aromatic carbocycles. The molecule has 0 saturated carbocycles. The number of amides is 1. The molecule has 0 heterocycles. The van der Waals surface area contributed by atoms with Gasteiger partial charge >= 0.3 is 5.97 Å². The number of anilines is 1. The van der Waals surface area contributed by atoms with Crippen LogP contribution in [0.5, 0.6) is 5.75 Å². The quantitative estimate of drug-likeness (QED) is 0.576. The van der Waals surface area contributed by atoms with Crippen molar-refractivity contribution in [1.82, 2.24) is 0 Å². The first-order valence-corrected chi connectivity index (χ1v) is 9.66. The van der Waals surface area contributed by atoms with Gasteiger partial charge in [0.2, 0.25) is 0 Å². The van der Waals surface area contributed by atoms with Gasteiger partial charge in [-0.15, -0.1) is 0 Å². The SMILES string of the molecule is CCCC(C)(OCC)C(=O)Nc1ccc(OCC(C)C)c(C(=O)OCC)c1. The van der Waals surface area contributed by atoms with Crippen molar-refractivity contribution >= 4 is 17.6 Å². The molecule has 6 heteroatoms. The second-order valence-corrected chi connectivity index (χ2v) is 7.00. The summed E-state index contributed by atoms with van der Waals surface area (Å²) < 4.78 is 16.5. The molecule has 0 aliphatic carbocycles. The highest BCUT2D eigenvalue weighted by Crippen LogP contribution is 2.26. The third-order valence-electron chi connectivity index (χ3n) is 3.98. The fourth-order valence-electron chi connectivity index (χ4n) is 2.67. The van der Waals surface area contributed by atoms with Crippen LogP contribution in [-0.4, -0.2) is 37.3 Å². The highest BCUT2D eigenvalue weighted by atomic mass is 16.5. The molecule has 0 radical (unpaired) electrons. The zero-order valence-electron chi connectivity index (χ0n) is 17.4. The number of ether oxygens (including phenoxy) is 3. The van der Waals surface area contributed by atoms with Crippen molar-refractivity contribution in [3.05, 3.63) is 23.8 Å². The molecule has 1 amide bonds. The summed E-state index contributed by atoms with van der Waals surface area (Å²) in [4.78, 5) is 25.0. The second kappa shape index (κ2) is 10.9. The molecule has 1 rings (SSSR count). The molecule has 27 heavy (non-hydrogen) atoms. The van der Waals surface area contributed by atoms with Gasteiger partial charge in [0, 0.05) is 12.3 Å². The van der Waals surface area contributed by atoms with Gasteiger partial charge < -0.3 is 19.5 Å². The smallest absolute Gasteiger partial charge is 0.341 e. The molecule has 1 aromatic rings. The Morgan fingerprint density at radius 3 is 2.41 bits per heavy atom. The molecule has 0 fully saturated rings. The molecule has 1 unspecified atom stereocenters. The summed E-state index contributed by atoms with van der Waals surface area (Å²) in [6, 6.07) is 4.99. The molecular weight excluding hydrogens is 346 g/mol. The number of benzene rings is 1. The summed E-state index contributed by atoms with van der Waals surface area (Å²) in [5.41, 5.74) is -0.119. The minimum Gasteiger partial charge on any atom is -0.492 e. The van der Waals surface area contributed by atoms with Crippen molar-refractivity contribution in [3.63, 3.8) is 0 Å². The normalized spacial score (nSPS) is 13.1. The fraction of sp³-hybridized carbons (Fsp3) is 0.619. The standard InChI is InChI=1S/C21H33NO5/c1-7-12-21(6,27-9-3)20(24)22-16-10-11-18(26-14-15(4)5)17(13-16)19(23)25-8-2/h10-11,13,15H,7-9,12,14H2,1-6H3,(H,22,24). The van der Waals surface area contributed by atoms with Crippen molar-refractivity contribution in [2.24, 2.45) is 5.92 Å². The summed E-state index contributed by atoms with van der Waals surface area (Å²) >= 11 is 0. The van der Waals surface area contributed by atoms with Crippen LogP contribution in [0.2, 0.25) is 0 Å². The van der Waals surface area contributed by atoms with Crippen LogP contribution in [-0.2, 0) is 14.3 Å². The molecule has 0 aliphatic heterocycles. The Hall–Kier alpha value is -2.08. The van der Waals surface area contributed by atoms with Crippen LogP contribution < -0.4 is 10.1 Å². The van der Waals surface area contributed by atoms with Gasteiger partial charge in [0.1, 0.15) is 16.9 Å². The Morgan fingerprint density at radius 1 is 1.15 bits per heavy atom. The average Bonchev–Trinajstić information content (AvgIpc) is 2.61. The topological polar surface area (TPSA) is 73.9 Å². The minimum absolute atomic E-state index is 0.239.